The molecule has 0 saturated carbocycles. The fraction of sp³-hybridized carbons (Fsp3) is 0.704. The van der Waals surface area contributed by atoms with Crippen molar-refractivity contribution >= 4 is 11.8 Å². The molecule has 0 fully saturated rings. The number of benzene rings is 1. The SMILES string of the molecule is CCCCCCCCCCCCCCCCOc1ccc(C(=O)O)c(OCC(=O)CC)c1. The molecule has 1 N–H and O–H groups in total. The van der Waals surface area contributed by atoms with Crippen LogP contribution in [0.4, 0.5) is 0 Å². The third-order valence-electron chi connectivity index (χ3n) is 5.73. The van der Waals surface area contributed by atoms with Gasteiger partial charge < -0.3 is 14.6 Å². The number of hydrogen-bond acceptors (Lipinski definition) is 4. The Morgan fingerprint density at radius 3 is 1.78 bits per heavy atom. The molecular weight excluding hydrogens is 404 g/mol. The molecule has 0 heterocycles. The summed E-state index contributed by atoms with van der Waals surface area (Å²) in [4.78, 5) is 22.8. The first-order chi connectivity index (χ1) is 15.6. The molecule has 0 atom stereocenters. The van der Waals surface area contributed by atoms with Crippen molar-refractivity contribution < 1.29 is 24.2 Å². The lowest BCUT2D eigenvalue weighted by molar-refractivity contribution is -0.120. The zero-order valence-corrected chi connectivity index (χ0v) is 20.3. The molecule has 0 radical (unpaired) electrons. The first kappa shape index (κ1) is 28.0. The van der Waals surface area contributed by atoms with Crippen LogP contribution in [0, 0.1) is 0 Å². The molecule has 1 rings (SSSR count). The van der Waals surface area contributed by atoms with Crippen LogP contribution < -0.4 is 9.47 Å². The zero-order chi connectivity index (χ0) is 23.4. The van der Waals surface area contributed by atoms with Crippen molar-refractivity contribution in [2.24, 2.45) is 0 Å². The normalized spacial score (nSPS) is 10.8. The van der Waals surface area contributed by atoms with Crippen LogP contribution in [0.5, 0.6) is 11.5 Å². The molecule has 0 aliphatic carbocycles. The number of ketones is 1. The fourth-order valence-corrected chi connectivity index (χ4v) is 3.64. The Morgan fingerprint density at radius 1 is 0.750 bits per heavy atom. The minimum Gasteiger partial charge on any atom is -0.493 e. The Hall–Kier alpha value is -2.04. The van der Waals surface area contributed by atoms with E-state index in [0.29, 0.717) is 18.8 Å². The summed E-state index contributed by atoms with van der Waals surface area (Å²) in [6.07, 6.45) is 18.8. The average Bonchev–Trinajstić information content (AvgIpc) is 2.79. The highest BCUT2D eigenvalue weighted by Crippen LogP contribution is 2.25. The van der Waals surface area contributed by atoms with Gasteiger partial charge >= 0.3 is 5.97 Å². The van der Waals surface area contributed by atoms with Gasteiger partial charge in [0.2, 0.25) is 0 Å². The van der Waals surface area contributed by atoms with Gasteiger partial charge in [0.15, 0.2) is 5.78 Å². The number of carboxylic acid groups (broad SMARTS) is 1. The van der Waals surface area contributed by atoms with E-state index in [1.54, 1.807) is 19.1 Å². The smallest absolute Gasteiger partial charge is 0.339 e. The Balaban J connectivity index is 2.11. The molecule has 0 bridgehead atoms. The second kappa shape index (κ2) is 18.5. The van der Waals surface area contributed by atoms with Crippen molar-refractivity contribution in [3.63, 3.8) is 0 Å². The predicted octanol–water partition coefficient (Wildman–Crippen LogP) is 7.60. The summed E-state index contributed by atoms with van der Waals surface area (Å²) in [6.45, 7) is 4.48. The van der Waals surface area contributed by atoms with Crippen molar-refractivity contribution in [3.8, 4) is 11.5 Å². The van der Waals surface area contributed by atoms with E-state index in [9.17, 15) is 14.7 Å². The fourth-order valence-electron chi connectivity index (χ4n) is 3.64. The van der Waals surface area contributed by atoms with Crippen molar-refractivity contribution in [1.29, 1.82) is 0 Å². The third-order valence-corrected chi connectivity index (χ3v) is 5.73. The summed E-state index contributed by atoms with van der Waals surface area (Å²) in [5.74, 6) is -0.404. The maximum atomic E-state index is 11.5. The van der Waals surface area contributed by atoms with Crippen molar-refractivity contribution in [2.45, 2.75) is 110 Å². The standard InChI is InChI=1S/C27H44O5/c1-3-5-6-7-8-9-10-11-12-13-14-15-16-17-20-31-24-18-19-25(27(29)30)26(21-24)32-22-23(28)4-2/h18-19,21H,3-17,20,22H2,1-2H3,(H,29,30). The molecule has 182 valence electrons. The molecule has 1 aromatic carbocycles. The molecule has 0 saturated heterocycles. The van der Waals surface area contributed by atoms with Gasteiger partial charge in [0.05, 0.1) is 6.61 Å². The van der Waals surface area contributed by atoms with Gasteiger partial charge in [0, 0.05) is 12.5 Å². The van der Waals surface area contributed by atoms with Gasteiger partial charge in [-0.15, -0.1) is 0 Å². The minimum atomic E-state index is -1.08. The Bertz CT molecular complexity index is 641. The summed E-state index contributed by atoms with van der Waals surface area (Å²) in [5.41, 5.74) is 0.0396. The lowest BCUT2D eigenvalue weighted by Gasteiger charge is -2.11. The van der Waals surface area contributed by atoms with Gasteiger partial charge in [-0.05, 0) is 18.6 Å². The molecule has 32 heavy (non-hydrogen) atoms. The van der Waals surface area contributed by atoms with Crippen LogP contribution in [-0.2, 0) is 4.79 Å². The molecule has 0 aromatic heterocycles. The molecule has 0 amide bonds. The second-order valence-corrected chi connectivity index (χ2v) is 8.59. The van der Waals surface area contributed by atoms with E-state index < -0.39 is 5.97 Å². The maximum absolute atomic E-state index is 11.5. The number of carboxylic acids is 1. The number of Topliss-reactive ketones (excluding diaryl/α,β-unsaturated/α-hetero) is 1. The highest BCUT2D eigenvalue weighted by molar-refractivity contribution is 5.91. The molecule has 5 heteroatoms. The summed E-state index contributed by atoms with van der Waals surface area (Å²) in [6, 6.07) is 4.67. The predicted molar refractivity (Wildman–Crippen MR) is 130 cm³/mol. The van der Waals surface area contributed by atoms with Gasteiger partial charge in [-0.2, -0.15) is 0 Å². The van der Waals surface area contributed by atoms with Crippen LogP contribution >= 0.6 is 0 Å². The van der Waals surface area contributed by atoms with Gasteiger partial charge in [-0.3, -0.25) is 4.79 Å². The number of carbonyl (C=O) groups excluding carboxylic acids is 1. The van der Waals surface area contributed by atoms with E-state index >= 15 is 0 Å². The zero-order valence-electron chi connectivity index (χ0n) is 20.3. The van der Waals surface area contributed by atoms with Gasteiger partial charge in [0.1, 0.15) is 23.7 Å². The monoisotopic (exact) mass is 448 g/mol. The van der Waals surface area contributed by atoms with Gasteiger partial charge in [-0.25, -0.2) is 4.79 Å². The third kappa shape index (κ3) is 13.4. The minimum absolute atomic E-state index is 0.0396. The van der Waals surface area contributed by atoms with Crippen LogP contribution in [0.1, 0.15) is 121 Å². The largest absolute Gasteiger partial charge is 0.493 e. The number of ether oxygens (including phenoxy) is 2. The number of rotatable bonds is 21. The average molecular weight is 449 g/mol. The summed E-state index contributed by atoms with van der Waals surface area (Å²) in [5, 5.41) is 9.29. The van der Waals surface area contributed by atoms with E-state index in [1.807, 2.05) is 0 Å². The number of hydrogen-bond donors (Lipinski definition) is 1. The molecule has 0 aliphatic rings. The van der Waals surface area contributed by atoms with Crippen LogP contribution in [0.2, 0.25) is 0 Å². The molecule has 0 spiro atoms. The molecule has 0 aliphatic heterocycles. The lowest BCUT2D eigenvalue weighted by Crippen LogP contribution is -2.12. The van der Waals surface area contributed by atoms with Crippen molar-refractivity contribution in [3.05, 3.63) is 23.8 Å². The first-order valence-corrected chi connectivity index (χ1v) is 12.7. The number of unbranched alkanes of at least 4 members (excludes halogenated alkanes) is 13. The first-order valence-electron chi connectivity index (χ1n) is 12.7. The number of aromatic carboxylic acids is 1. The molecule has 1 aromatic rings. The van der Waals surface area contributed by atoms with Crippen LogP contribution in [0.3, 0.4) is 0 Å². The highest BCUT2D eigenvalue weighted by atomic mass is 16.5. The maximum Gasteiger partial charge on any atom is 0.339 e. The lowest BCUT2D eigenvalue weighted by atomic mass is 10.0. The topological polar surface area (TPSA) is 72.8 Å². The van der Waals surface area contributed by atoms with Gasteiger partial charge in [0.25, 0.3) is 0 Å². The van der Waals surface area contributed by atoms with Crippen LogP contribution in [-0.4, -0.2) is 30.1 Å². The Labute approximate surface area is 194 Å². The van der Waals surface area contributed by atoms with E-state index in [-0.39, 0.29) is 23.7 Å². The van der Waals surface area contributed by atoms with Crippen molar-refractivity contribution in [1.82, 2.24) is 0 Å². The summed E-state index contributed by atoms with van der Waals surface area (Å²) >= 11 is 0. The van der Waals surface area contributed by atoms with E-state index in [2.05, 4.69) is 6.92 Å². The molecule has 5 nitrogen and oxygen atoms in total. The van der Waals surface area contributed by atoms with Gasteiger partial charge in [-0.1, -0.05) is 97.3 Å². The number of carbonyl (C=O) groups is 2. The molecule has 0 unspecified atom stereocenters. The van der Waals surface area contributed by atoms with Crippen molar-refractivity contribution in [2.75, 3.05) is 13.2 Å². The van der Waals surface area contributed by atoms with Crippen LogP contribution in [0.25, 0.3) is 0 Å². The Morgan fingerprint density at radius 2 is 1.28 bits per heavy atom. The van der Waals surface area contributed by atoms with E-state index in [0.717, 1.165) is 12.8 Å². The highest BCUT2D eigenvalue weighted by Gasteiger charge is 2.14. The quantitative estimate of drug-likeness (QED) is 0.196. The van der Waals surface area contributed by atoms with E-state index in [1.165, 1.54) is 83.1 Å². The summed E-state index contributed by atoms with van der Waals surface area (Å²) < 4.78 is 11.2. The second-order valence-electron chi connectivity index (χ2n) is 8.59. The van der Waals surface area contributed by atoms with Crippen LogP contribution in [0.15, 0.2) is 18.2 Å². The summed E-state index contributed by atoms with van der Waals surface area (Å²) in [7, 11) is 0. The molecular formula is C27H44O5. The Kier molecular flexibility index (Phi) is 16.2. The van der Waals surface area contributed by atoms with E-state index in [4.69, 9.17) is 9.47 Å².